The molecule has 190 valence electrons. The summed E-state index contributed by atoms with van der Waals surface area (Å²) in [6, 6.07) is 15.2. The van der Waals surface area contributed by atoms with Crippen molar-refractivity contribution in [3.8, 4) is 22.9 Å². The van der Waals surface area contributed by atoms with E-state index in [1.807, 2.05) is 43.0 Å². The van der Waals surface area contributed by atoms with Crippen LogP contribution in [0.5, 0.6) is 17.2 Å². The van der Waals surface area contributed by atoms with E-state index in [1.165, 1.54) is 0 Å². The summed E-state index contributed by atoms with van der Waals surface area (Å²) in [5, 5.41) is 0.640. The summed E-state index contributed by atoms with van der Waals surface area (Å²) in [6.45, 7) is 6.01. The van der Waals surface area contributed by atoms with Gasteiger partial charge >= 0.3 is 0 Å². The summed E-state index contributed by atoms with van der Waals surface area (Å²) in [5.74, 6) is 1.85. The van der Waals surface area contributed by atoms with Gasteiger partial charge in [-0.3, -0.25) is 4.79 Å². The van der Waals surface area contributed by atoms with Crippen LogP contribution in [0.3, 0.4) is 0 Å². The molecule has 1 saturated heterocycles. The number of fused-ring (bicyclic) bond motifs is 4. The lowest BCUT2D eigenvalue weighted by atomic mass is 9.86. The lowest BCUT2D eigenvalue weighted by Crippen LogP contribution is -2.50. The van der Waals surface area contributed by atoms with Crippen LogP contribution in [0.4, 0.5) is 0 Å². The zero-order chi connectivity index (χ0) is 25.3. The Labute approximate surface area is 216 Å². The quantitative estimate of drug-likeness (QED) is 0.395. The number of methoxy groups -OCH3 is 1. The summed E-state index contributed by atoms with van der Waals surface area (Å²) >= 11 is 6.25. The number of aromatic nitrogens is 1. The molecule has 0 bridgehead atoms. The Hall–Kier alpha value is -3.16. The Morgan fingerprint density at radius 2 is 1.89 bits per heavy atom. The molecule has 2 aliphatic heterocycles. The number of hydrogen-bond donors (Lipinski definition) is 0. The molecule has 3 heterocycles. The molecular formula is C28H31ClN2O5. The molecule has 0 saturated carbocycles. The van der Waals surface area contributed by atoms with Crippen molar-refractivity contribution in [1.82, 2.24) is 9.47 Å². The number of likely N-dealkylation sites (tertiary alicyclic amines) is 1. The number of amides is 1. The molecule has 1 amide bonds. The third-order valence-electron chi connectivity index (χ3n) is 6.76. The van der Waals surface area contributed by atoms with Crippen LogP contribution in [-0.4, -0.2) is 54.9 Å². The van der Waals surface area contributed by atoms with E-state index in [1.54, 1.807) is 25.3 Å². The average Bonchev–Trinajstić information content (AvgIpc) is 3.38. The second-order valence-corrected chi connectivity index (χ2v) is 9.83. The Kier molecular flexibility index (Phi) is 6.86. The van der Waals surface area contributed by atoms with Crippen LogP contribution in [0.1, 0.15) is 42.7 Å². The number of carbonyl (C=O) groups is 1. The van der Waals surface area contributed by atoms with Crippen LogP contribution in [0.2, 0.25) is 5.02 Å². The first kappa shape index (κ1) is 24.5. The van der Waals surface area contributed by atoms with Crippen molar-refractivity contribution >= 4 is 17.5 Å². The maximum absolute atomic E-state index is 13.4. The topological polar surface area (TPSA) is 62.2 Å². The molecule has 36 heavy (non-hydrogen) atoms. The maximum atomic E-state index is 13.4. The zero-order valence-electron chi connectivity index (χ0n) is 20.8. The van der Waals surface area contributed by atoms with Gasteiger partial charge in [-0.2, -0.15) is 0 Å². The normalized spacial score (nSPS) is 15.9. The van der Waals surface area contributed by atoms with Crippen LogP contribution >= 0.6 is 11.6 Å². The molecule has 1 aromatic heterocycles. The van der Waals surface area contributed by atoms with Gasteiger partial charge in [0.05, 0.1) is 31.2 Å². The standard InChI is InChI=1S/C28H31ClN2O5/c1-19(2)34-15-16-35-23-9-6-20(17-25(23)33-3)27(32)30-13-10-28(11-14-30)26-5-4-12-31(26)22-8-7-21(29)18-24(22)36-28/h4-9,12,17-19H,10-11,13-16H2,1-3H3. The molecular weight excluding hydrogens is 480 g/mol. The molecule has 1 fully saturated rings. The molecule has 1 spiro atoms. The van der Waals surface area contributed by atoms with E-state index in [4.69, 9.17) is 30.5 Å². The molecule has 0 atom stereocenters. The van der Waals surface area contributed by atoms with Gasteiger partial charge in [0.25, 0.3) is 5.91 Å². The summed E-state index contributed by atoms with van der Waals surface area (Å²) in [4.78, 5) is 15.2. The van der Waals surface area contributed by atoms with Crippen LogP contribution in [0.25, 0.3) is 5.69 Å². The lowest BCUT2D eigenvalue weighted by Gasteiger charge is -2.45. The van der Waals surface area contributed by atoms with Crippen LogP contribution in [-0.2, 0) is 10.3 Å². The molecule has 0 aliphatic carbocycles. The van der Waals surface area contributed by atoms with Crippen molar-refractivity contribution in [1.29, 1.82) is 0 Å². The number of piperidine rings is 1. The van der Waals surface area contributed by atoms with E-state index in [2.05, 4.69) is 16.8 Å². The third-order valence-corrected chi connectivity index (χ3v) is 7.00. The van der Waals surface area contributed by atoms with Gasteiger partial charge in [-0.25, -0.2) is 0 Å². The predicted molar refractivity (Wildman–Crippen MR) is 138 cm³/mol. The molecule has 7 nitrogen and oxygen atoms in total. The number of nitrogens with zero attached hydrogens (tertiary/aromatic N) is 2. The van der Waals surface area contributed by atoms with Crippen molar-refractivity contribution in [2.24, 2.45) is 0 Å². The SMILES string of the molecule is COc1cc(C(=O)N2CCC3(CC2)Oc2cc(Cl)ccc2-n2cccc23)ccc1OCCOC(C)C. The van der Waals surface area contributed by atoms with E-state index >= 15 is 0 Å². The smallest absolute Gasteiger partial charge is 0.253 e. The fourth-order valence-electron chi connectivity index (χ4n) is 4.96. The number of rotatable bonds is 7. The van der Waals surface area contributed by atoms with Gasteiger partial charge < -0.3 is 28.4 Å². The Bertz CT molecular complexity index is 1250. The van der Waals surface area contributed by atoms with Crippen molar-refractivity contribution in [2.75, 3.05) is 33.4 Å². The van der Waals surface area contributed by atoms with Gasteiger partial charge in [0.15, 0.2) is 17.1 Å². The first-order valence-electron chi connectivity index (χ1n) is 12.3. The average molecular weight is 511 g/mol. The van der Waals surface area contributed by atoms with Crippen molar-refractivity contribution in [3.63, 3.8) is 0 Å². The molecule has 2 aromatic carbocycles. The second-order valence-electron chi connectivity index (χ2n) is 9.40. The fourth-order valence-corrected chi connectivity index (χ4v) is 5.12. The van der Waals surface area contributed by atoms with E-state index in [9.17, 15) is 4.79 Å². The molecule has 3 aromatic rings. The summed E-state index contributed by atoms with van der Waals surface area (Å²) in [7, 11) is 1.57. The van der Waals surface area contributed by atoms with Crippen LogP contribution < -0.4 is 14.2 Å². The zero-order valence-corrected chi connectivity index (χ0v) is 21.6. The lowest BCUT2D eigenvalue weighted by molar-refractivity contribution is -0.00931. The Balaban J connectivity index is 1.28. The molecule has 8 heteroatoms. The fraction of sp³-hybridized carbons (Fsp3) is 0.393. The van der Waals surface area contributed by atoms with Crippen LogP contribution in [0.15, 0.2) is 54.7 Å². The Morgan fingerprint density at radius 3 is 2.64 bits per heavy atom. The summed E-state index contributed by atoms with van der Waals surface area (Å²) in [5.41, 5.74) is 2.16. The van der Waals surface area contributed by atoms with Crippen molar-refractivity contribution < 1.29 is 23.7 Å². The largest absolute Gasteiger partial charge is 0.493 e. The minimum Gasteiger partial charge on any atom is -0.493 e. The number of halogens is 1. The molecule has 5 rings (SSSR count). The third kappa shape index (κ3) is 4.65. The summed E-state index contributed by atoms with van der Waals surface area (Å²) < 4.78 is 25.6. The number of carbonyl (C=O) groups excluding carboxylic acids is 1. The highest BCUT2D eigenvalue weighted by atomic mass is 35.5. The highest BCUT2D eigenvalue weighted by Gasteiger charge is 2.44. The molecule has 0 unspecified atom stereocenters. The van der Waals surface area contributed by atoms with Gasteiger partial charge in [-0.05, 0) is 56.3 Å². The van der Waals surface area contributed by atoms with Crippen molar-refractivity contribution in [3.05, 3.63) is 71.0 Å². The minimum atomic E-state index is -0.495. The monoisotopic (exact) mass is 510 g/mol. The van der Waals surface area contributed by atoms with E-state index in [0.29, 0.717) is 61.2 Å². The minimum absolute atomic E-state index is 0.0347. The predicted octanol–water partition coefficient (Wildman–Crippen LogP) is 5.47. The Morgan fingerprint density at radius 1 is 1.08 bits per heavy atom. The van der Waals surface area contributed by atoms with E-state index < -0.39 is 5.60 Å². The van der Waals surface area contributed by atoms with Gasteiger partial charge in [0, 0.05) is 48.8 Å². The maximum Gasteiger partial charge on any atom is 0.253 e. The second kappa shape index (κ2) is 10.1. The van der Waals surface area contributed by atoms with Crippen LogP contribution in [0, 0.1) is 0 Å². The molecule has 0 radical (unpaired) electrons. The van der Waals surface area contributed by atoms with E-state index in [0.717, 1.165) is 17.1 Å². The molecule has 2 aliphatic rings. The van der Waals surface area contributed by atoms with Gasteiger partial charge in [0.1, 0.15) is 12.4 Å². The number of hydrogen-bond acceptors (Lipinski definition) is 5. The van der Waals surface area contributed by atoms with Crippen molar-refractivity contribution in [2.45, 2.75) is 38.4 Å². The van der Waals surface area contributed by atoms with Gasteiger partial charge in [0.2, 0.25) is 0 Å². The number of ether oxygens (including phenoxy) is 4. The summed E-state index contributed by atoms with van der Waals surface area (Å²) in [6.07, 6.45) is 3.57. The number of benzene rings is 2. The highest BCUT2D eigenvalue weighted by Crippen LogP contribution is 2.46. The van der Waals surface area contributed by atoms with Gasteiger partial charge in [-0.15, -0.1) is 0 Å². The molecule has 0 N–H and O–H groups in total. The highest BCUT2D eigenvalue weighted by molar-refractivity contribution is 6.30. The first-order chi connectivity index (χ1) is 17.4. The first-order valence-corrected chi connectivity index (χ1v) is 12.7. The van der Waals surface area contributed by atoms with E-state index in [-0.39, 0.29) is 12.0 Å². The van der Waals surface area contributed by atoms with Gasteiger partial charge in [-0.1, -0.05) is 11.6 Å².